The minimum atomic E-state index is -0.606. The van der Waals surface area contributed by atoms with Crippen LogP contribution in [0.25, 0.3) is 22.4 Å². The summed E-state index contributed by atoms with van der Waals surface area (Å²) in [5.74, 6) is -1.19. The average molecular weight is 371 g/mol. The zero-order chi connectivity index (χ0) is 19.9. The lowest BCUT2D eigenvalue weighted by molar-refractivity contribution is 0.0600. The molecule has 0 aliphatic rings. The van der Waals surface area contributed by atoms with E-state index in [1.54, 1.807) is 23.7 Å². The van der Waals surface area contributed by atoms with E-state index in [1.165, 1.54) is 23.8 Å². The van der Waals surface area contributed by atoms with E-state index in [4.69, 9.17) is 0 Å². The van der Waals surface area contributed by atoms with Crippen molar-refractivity contribution in [3.63, 3.8) is 0 Å². The summed E-state index contributed by atoms with van der Waals surface area (Å²) in [5, 5.41) is 0. The van der Waals surface area contributed by atoms with Crippen LogP contribution in [0.4, 0.5) is 4.39 Å². The number of fused-ring (bicyclic) bond motifs is 1. The zero-order valence-electron chi connectivity index (χ0n) is 16.0. The van der Waals surface area contributed by atoms with Crippen LogP contribution in [0.15, 0.2) is 35.1 Å². The molecule has 3 aromatic rings. The first-order valence-electron chi connectivity index (χ1n) is 8.57. The molecule has 0 saturated carbocycles. The number of aryl methyl sites for hydroxylation is 1. The maximum Gasteiger partial charge on any atom is 0.337 e. The third kappa shape index (κ3) is 3.49. The van der Waals surface area contributed by atoms with Crippen molar-refractivity contribution >= 4 is 17.1 Å². The second-order valence-corrected chi connectivity index (χ2v) is 7.71. The van der Waals surface area contributed by atoms with Crippen LogP contribution in [0.3, 0.4) is 0 Å². The average Bonchev–Trinajstić information content (AvgIpc) is 2.84. The number of imidazole rings is 1. The van der Waals surface area contributed by atoms with Gasteiger partial charge in [0.15, 0.2) is 5.65 Å². The van der Waals surface area contributed by atoms with Gasteiger partial charge in [-0.2, -0.15) is 0 Å². The fraction of sp³-hybridized carbons (Fsp3) is 0.350. The summed E-state index contributed by atoms with van der Waals surface area (Å²) in [7, 11) is 2.89. The topological polar surface area (TPSA) is 66.1 Å². The van der Waals surface area contributed by atoms with Gasteiger partial charge < -0.3 is 4.74 Å². The summed E-state index contributed by atoms with van der Waals surface area (Å²) >= 11 is 0. The minimum absolute atomic E-state index is 0.0768. The molecule has 0 amide bonds. The van der Waals surface area contributed by atoms with Crippen molar-refractivity contribution in [2.24, 2.45) is 12.5 Å². The largest absolute Gasteiger partial charge is 0.465 e. The SMILES string of the molecule is COC(=O)c1ccc(-c2ccc3c(n2)n(C)c(=O)n3CC(C)(C)C)c(F)c1. The van der Waals surface area contributed by atoms with E-state index in [9.17, 15) is 14.0 Å². The number of pyridine rings is 1. The molecule has 7 heteroatoms. The molecule has 6 nitrogen and oxygen atoms in total. The number of carbonyl (C=O) groups is 1. The molecule has 0 aliphatic carbocycles. The lowest BCUT2D eigenvalue weighted by atomic mass is 9.97. The second kappa shape index (κ2) is 6.64. The van der Waals surface area contributed by atoms with Gasteiger partial charge in [-0.3, -0.25) is 9.13 Å². The van der Waals surface area contributed by atoms with E-state index in [0.717, 1.165) is 6.07 Å². The summed E-state index contributed by atoms with van der Waals surface area (Å²) in [5.41, 5.74) is 1.72. The molecule has 0 N–H and O–H groups in total. The van der Waals surface area contributed by atoms with Gasteiger partial charge in [0.1, 0.15) is 5.82 Å². The van der Waals surface area contributed by atoms with Crippen molar-refractivity contribution in [1.82, 2.24) is 14.1 Å². The summed E-state index contributed by atoms with van der Waals surface area (Å²) in [6, 6.07) is 7.55. The normalized spacial score (nSPS) is 11.8. The first-order valence-corrected chi connectivity index (χ1v) is 8.57. The highest BCUT2D eigenvalue weighted by molar-refractivity contribution is 5.90. The first-order chi connectivity index (χ1) is 12.6. The van der Waals surface area contributed by atoms with Gasteiger partial charge in [0.05, 0.1) is 23.9 Å². The fourth-order valence-corrected chi connectivity index (χ4v) is 3.02. The summed E-state index contributed by atoms with van der Waals surface area (Å²) < 4.78 is 22.3. The predicted molar refractivity (Wildman–Crippen MR) is 101 cm³/mol. The first kappa shape index (κ1) is 18.8. The van der Waals surface area contributed by atoms with E-state index in [-0.39, 0.29) is 22.2 Å². The van der Waals surface area contributed by atoms with Crippen LogP contribution in [0.5, 0.6) is 0 Å². The van der Waals surface area contributed by atoms with Crippen LogP contribution in [-0.2, 0) is 18.3 Å². The molecule has 27 heavy (non-hydrogen) atoms. The van der Waals surface area contributed by atoms with E-state index < -0.39 is 11.8 Å². The van der Waals surface area contributed by atoms with E-state index in [2.05, 4.69) is 30.5 Å². The number of benzene rings is 1. The molecular formula is C20H22FN3O3. The Morgan fingerprint density at radius 1 is 1.22 bits per heavy atom. The monoisotopic (exact) mass is 371 g/mol. The van der Waals surface area contributed by atoms with Crippen molar-refractivity contribution in [1.29, 1.82) is 0 Å². The van der Waals surface area contributed by atoms with Crippen molar-refractivity contribution in [2.45, 2.75) is 27.3 Å². The smallest absolute Gasteiger partial charge is 0.337 e. The van der Waals surface area contributed by atoms with Crippen LogP contribution in [0.1, 0.15) is 31.1 Å². The minimum Gasteiger partial charge on any atom is -0.465 e. The molecular weight excluding hydrogens is 349 g/mol. The van der Waals surface area contributed by atoms with Crippen molar-refractivity contribution < 1.29 is 13.9 Å². The van der Waals surface area contributed by atoms with Crippen molar-refractivity contribution in [2.75, 3.05) is 7.11 Å². The molecule has 0 aliphatic heterocycles. The van der Waals surface area contributed by atoms with Gasteiger partial charge in [-0.1, -0.05) is 20.8 Å². The standard InChI is InChI=1S/C20H22FN3O3/c1-20(2,3)11-24-16-9-8-15(22-17(16)23(4)19(24)26)13-7-6-12(10-14(13)21)18(25)27-5/h6-10H,11H2,1-5H3. The van der Waals surface area contributed by atoms with Gasteiger partial charge in [0.2, 0.25) is 0 Å². The second-order valence-electron chi connectivity index (χ2n) is 7.71. The molecule has 0 fully saturated rings. The quantitative estimate of drug-likeness (QED) is 0.662. The van der Waals surface area contributed by atoms with Gasteiger partial charge in [0.25, 0.3) is 0 Å². The summed E-state index contributed by atoms with van der Waals surface area (Å²) in [6.07, 6.45) is 0. The Bertz CT molecular complexity index is 1090. The number of halogens is 1. The predicted octanol–water partition coefficient (Wildman–Crippen LogP) is 3.37. The Morgan fingerprint density at radius 2 is 1.93 bits per heavy atom. The van der Waals surface area contributed by atoms with Gasteiger partial charge in [0, 0.05) is 19.2 Å². The van der Waals surface area contributed by atoms with Gasteiger partial charge >= 0.3 is 11.7 Å². The van der Waals surface area contributed by atoms with Crippen molar-refractivity contribution in [3.05, 3.63) is 52.2 Å². The number of methoxy groups -OCH3 is 1. The molecule has 1 aromatic carbocycles. The molecule has 0 atom stereocenters. The maximum absolute atomic E-state index is 14.5. The lowest BCUT2D eigenvalue weighted by Crippen LogP contribution is -2.27. The van der Waals surface area contributed by atoms with Crippen LogP contribution in [0.2, 0.25) is 0 Å². The molecule has 0 spiro atoms. The number of hydrogen-bond donors (Lipinski definition) is 0. The zero-order valence-corrected chi connectivity index (χ0v) is 16.0. The molecule has 3 rings (SSSR count). The van der Waals surface area contributed by atoms with Crippen LogP contribution in [0, 0.1) is 11.2 Å². The molecule has 0 radical (unpaired) electrons. The molecule has 0 saturated heterocycles. The fourth-order valence-electron chi connectivity index (χ4n) is 3.02. The van der Waals surface area contributed by atoms with Gasteiger partial charge in [-0.25, -0.2) is 19.0 Å². The van der Waals surface area contributed by atoms with Crippen LogP contribution >= 0.6 is 0 Å². The number of carbonyl (C=O) groups excluding carboxylic acids is 1. The Balaban J connectivity index is 2.12. The molecule has 142 valence electrons. The number of ether oxygens (including phenoxy) is 1. The summed E-state index contributed by atoms with van der Waals surface area (Å²) in [6.45, 7) is 6.71. The van der Waals surface area contributed by atoms with Gasteiger partial charge in [-0.05, 0) is 35.7 Å². The highest BCUT2D eigenvalue weighted by Gasteiger charge is 2.19. The van der Waals surface area contributed by atoms with Crippen molar-refractivity contribution in [3.8, 4) is 11.3 Å². The highest BCUT2D eigenvalue weighted by Crippen LogP contribution is 2.25. The molecule has 2 aromatic heterocycles. The third-order valence-corrected chi connectivity index (χ3v) is 4.28. The lowest BCUT2D eigenvalue weighted by Gasteiger charge is -2.18. The Morgan fingerprint density at radius 3 is 2.52 bits per heavy atom. The molecule has 0 unspecified atom stereocenters. The molecule has 0 bridgehead atoms. The van der Waals surface area contributed by atoms with E-state index >= 15 is 0 Å². The Hall–Kier alpha value is -2.96. The number of hydrogen-bond acceptors (Lipinski definition) is 4. The van der Waals surface area contributed by atoms with E-state index in [0.29, 0.717) is 23.4 Å². The number of esters is 1. The molecule has 2 heterocycles. The highest BCUT2D eigenvalue weighted by atomic mass is 19.1. The number of aromatic nitrogens is 3. The maximum atomic E-state index is 14.5. The van der Waals surface area contributed by atoms with E-state index in [1.807, 2.05) is 0 Å². The Kier molecular flexibility index (Phi) is 4.63. The third-order valence-electron chi connectivity index (χ3n) is 4.28. The van der Waals surface area contributed by atoms with Crippen LogP contribution < -0.4 is 5.69 Å². The number of nitrogens with zero attached hydrogens (tertiary/aromatic N) is 3. The Labute approximate surface area is 156 Å². The van der Waals surface area contributed by atoms with Crippen LogP contribution in [-0.4, -0.2) is 27.2 Å². The number of rotatable bonds is 3. The summed E-state index contributed by atoms with van der Waals surface area (Å²) in [4.78, 5) is 28.6. The van der Waals surface area contributed by atoms with Gasteiger partial charge in [-0.15, -0.1) is 0 Å².